The quantitative estimate of drug-likeness (QED) is 0.448. The first-order valence-corrected chi connectivity index (χ1v) is 8.42. The Morgan fingerprint density at radius 3 is 2.61 bits per heavy atom. The van der Waals surface area contributed by atoms with Gasteiger partial charge in [0.05, 0.1) is 12.2 Å². The zero-order valence-corrected chi connectivity index (χ0v) is 17.2. The summed E-state index contributed by atoms with van der Waals surface area (Å²) in [6.07, 6.45) is 5.44. The number of guanidine groups is 1. The van der Waals surface area contributed by atoms with Gasteiger partial charge in [0.2, 0.25) is 0 Å². The van der Waals surface area contributed by atoms with Gasteiger partial charge in [0.25, 0.3) is 0 Å². The molecule has 1 fully saturated rings. The molecule has 0 atom stereocenters. The molecule has 1 N–H and O–H groups in total. The van der Waals surface area contributed by atoms with E-state index in [1.165, 1.54) is 25.7 Å². The minimum atomic E-state index is 0. The van der Waals surface area contributed by atoms with Gasteiger partial charge in [0, 0.05) is 26.3 Å². The largest absolute Gasteiger partial charge is 0.351 e. The molecule has 1 aromatic heterocycles. The van der Waals surface area contributed by atoms with E-state index in [0.717, 1.165) is 42.3 Å². The standard InChI is InChI=1S/C18H30N4.HI/c1-14-8-10-16(11-9-14)13-22(4)18(19-3)20-12-17-7-5-6-15(2)21-17;/h5-7,14,16H,8-13H2,1-4H3,(H,19,20);1H. The summed E-state index contributed by atoms with van der Waals surface area (Å²) in [6.45, 7) is 6.21. The van der Waals surface area contributed by atoms with Gasteiger partial charge in [-0.2, -0.15) is 0 Å². The molecule has 1 saturated carbocycles. The van der Waals surface area contributed by atoms with Gasteiger partial charge in [-0.05, 0) is 43.7 Å². The molecule has 1 aromatic rings. The van der Waals surface area contributed by atoms with Crippen molar-refractivity contribution >= 4 is 29.9 Å². The molecule has 130 valence electrons. The summed E-state index contributed by atoms with van der Waals surface area (Å²) in [5, 5.41) is 3.42. The Morgan fingerprint density at radius 1 is 1.30 bits per heavy atom. The fraction of sp³-hybridized carbons (Fsp3) is 0.667. The zero-order valence-electron chi connectivity index (χ0n) is 14.9. The van der Waals surface area contributed by atoms with E-state index in [0.29, 0.717) is 0 Å². The summed E-state index contributed by atoms with van der Waals surface area (Å²) in [7, 11) is 3.99. The van der Waals surface area contributed by atoms with E-state index in [9.17, 15) is 0 Å². The summed E-state index contributed by atoms with van der Waals surface area (Å²) in [6, 6.07) is 6.12. The van der Waals surface area contributed by atoms with E-state index in [2.05, 4.69) is 46.3 Å². The molecule has 23 heavy (non-hydrogen) atoms. The second-order valence-electron chi connectivity index (χ2n) is 6.68. The Hall–Kier alpha value is -0.850. The van der Waals surface area contributed by atoms with Crippen LogP contribution in [0.2, 0.25) is 0 Å². The van der Waals surface area contributed by atoms with Crippen molar-refractivity contribution in [3.05, 3.63) is 29.6 Å². The van der Waals surface area contributed by atoms with E-state index < -0.39 is 0 Å². The molecule has 1 aliphatic rings. The van der Waals surface area contributed by atoms with Crippen molar-refractivity contribution in [2.24, 2.45) is 16.8 Å². The van der Waals surface area contributed by atoms with Crippen LogP contribution >= 0.6 is 24.0 Å². The summed E-state index contributed by atoms with van der Waals surface area (Å²) in [5.41, 5.74) is 2.11. The number of rotatable bonds is 4. The van der Waals surface area contributed by atoms with E-state index in [4.69, 9.17) is 0 Å². The molecule has 4 nitrogen and oxygen atoms in total. The van der Waals surface area contributed by atoms with Crippen LogP contribution in [0.25, 0.3) is 0 Å². The molecule has 0 aliphatic heterocycles. The molecule has 0 amide bonds. The highest BCUT2D eigenvalue weighted by molar-refractivity contribution is 14.0. The van der Waals surface area contributed by atoms with Crippen LogP contribution in [-0.2, 0) is 6.54 Å². The third-order valence-electron chi connectivity index (χ3n) is 4.61. The predicted molar refractivity (Wildman–Crippen MR) is 108 cm³/mol. The van der Waals surface area contributed by atoms with Gasteiger partial charge >= 0.3 is 0 Å². The first kappa shape index (κ1) is 20.2. The minimum absolute atomic E-state index is 0. The fourth-order valence-electron chi connectivity index (χ4n) is 3.24. The maximum absolute atomic E-state index is 4.53. The van der Waals surface area contributed by atoms with Gasteiger partial charge in [0.15, 0.2) is 5.96 Å². The molecule has 0 aromatic carbocycles. The van der Waals surface area contributed by atoms with E-state index in [1.54, 1.807) is 0 Å². The molecule has 0 saturated heterocycles. The lowest BCUT2D eigenvalue weighted by Gasteiger charge is -2.31. The number of aryl methyl sites for hydroxylation is 1. The Kier molecular flexibility index (Phi) is 8.87. The fourth-order valence-corrected chi connectivity index (χ4v) is 3.24. The summed E-state index contributed by atoms with van der Waals surface area (Å²) >= 11 is 0. The predicted octanol–water partition coefficient (Wildman–Crippen LogP) is 3.84. The van der Waals surface area contributed by atoms with Crippen molar-refractivity contribution in [2.75, 3.05) is 20.6 Å². The molecular weight excluding hydrogens is 399 g/mol. The SMILES string of the molecule is CN=C(NCc1cccc(C)n1)N(C)CC1CCC(C)CC1.I. The minimum Gasteiger partial charge on any atom is -0.351 e. The molecule has 1 heterocycles. The van der Waals surface area contributed by atoms with Crippen LogP contribution in [-0.4, -0.2) is 36.5 Å². The van der Waals surface area contributed by atoms with Gasteiger partial charge in [-0.1, -0.05) is 25.8 Å². The number of nitrogens with zero attached hydrogens (tertiary/aromatic N) is 3. The van der Waals surface area contributed by atoms with Crippen LogP contribution in [0.3, 0.4) is 0 Å². The highest BCUT2D eigenvalue weighted by Gasteiger charge is 2.20. The number of aliphatic imine (C=N–C) groups is 1. The van der Waals surface area contributed by atoms with E-state index in [-0.39, 0.29) is 24.0 Å². The van der Waals surface area contributed by atoms with Crippen LogP contribution in [0.4, 0.5) is 0 Å². The van der Waals surface area contributed by atoms with Gasteiger partial charge in [-0.25, -0.2) is 0 Å². The monoisotopic (exact) mass is 430 g/mol. The second-order valence-corrected chi connectivity index (χ2v) is 6.68. The first-order valence-electron chi connectivity index (χ1n) is 8.42. The van der Waals surface area contributed by atoms with Crippen molar-refractivity contribution < 1.29 is 0 Å². The highest BCUT2D eigenvalue weighted by Crippen LogP contribution is 2.28. The lowest BCUT2D eigenvalue weighted by atomic mass is 9.83. The Morgan fingerprint density at radius 2 is 2.00 bits per heavy atom. The average Bonchev–Trinajstić information content (AvgIpc) is 2.50. The summed E-state index contributed by atoms with van der Waals surface area (Å²) in [4.78, 5) is 11.2. The van der Waals surface area contributed by atoms with Crippen LogP contribution in [0.1, 0.15) is 44.0 Å². The van der Waals surface area contributed by atoms with Crippen LogP contribution in [0, 0.1) is 18.8 Å². The number of pyridine rings is 1. The van der Waals surface area contributed by atoms with Gasteiger partial charge in [-0.15, -0.1) is 24.0 Å². The summed E-state index contributed by atoms with van der Waals surface area (Å²) < 4.78 is 0. The van der Waals surface area contributed by atoms with Gasteiger partial charge in [0.1, 0.15) is 0 Å². The zero-order chi connectivity index (χ0) is 15.9. The molecule has 1 aliphatic carbocycles. The smallest absolute Gasteiger partial charge is 0.193 e. The Bertz CT molecular complexity index is 496. The topological polar surface area (TPSA) is 40.5 Å². The molecule has 0 bridgehead atoms. The van der Waals surface area contributed by atoms with E-state index in [1.807, 2.05) is 20.0 Å². The maximum atomic E-state index is 4.53. The molecule has 2 rings (SSSR count). The number of hydrogen-bond donors (Lipinski definition) is 1. The third-order valence-corrected chi connectivity index (χ3v) is 4.61. The maximum Gasteiger partial charge on any atom is 0.193 e. The first-order chi connectivity index (χ1) is 10.6. The van der Waals surface area contributed by atoms with E-state index >= 15 is 0 Å². The van der Waals surface area contributed by atoms with Crippen molar-refractivity contribution in [2.45, 2.75) is 46.1 Å². The van der Waals surface area contributed by atoms with Crippen LogP contribution in [0.5, 0.6) is 0 Å². The average molecular weight is 430 g/mol. The van der Waals surface area contributed by atoms with Crippen molar-refractivity contribution in [1.29, 1.82) is 0 Å². The molecular formula is C18H31IN4. The van der Waals surface area contributed by atoms with Crippen LogP contribution in [0.15, 0.2) is 23.2 Å². The second kappa shape index (κ2) is 10.1. The number of hydrogen-bond acceptors (Lipinski definition) is 2. The Labute approximate surface area is 158 Å². The lowest BCUT2D eigenvalue weighted by Crippen LogP contribution is -2.41. The third kappa shape index (κ3) is 6.65. The van der Waals surface area contributed by atoms with Gasteiger partial charge < -0.3 is 10.2 Å². The van der Waals surface area contributed by atoms with Crippen molar-refractivity contribution in [3.8, 4) is 0 Å². The Balaban J connectivity index is 0.00000264. The molecule has 5 heteroatoms. The van der Waals surface area contributed by atoms with Gasteiger partial charge in [-0.3, -0.25) is 9.98 Å². The highest BCUT2D eigenvalue weighted by atomic mass is 127. The molecule has 0 radical (unpaired) electrons. The van der Waals surface area contributed by atoms with Crippen molar-refractivity contribution in [1.82, 2.24) is 15.2 Å². The normalized spacial score (nSPS) is 21.5. The summed E-state index contributed by atoms with van der Waals surface area (Å²) in [5.74, 6) is 2.67. The number of nitrogens with one attached hydrogen (secondary N) is 1. The lowest BCUT2D eigenvalue weighted by molar-refractivity contribution is 0.250. The molecule has 0 unspecified atom stereocenters. The number of halogens is 1. The molecule has 0 spiro atoms. The van der Waals surface area contributed by atoms with Crippen LogP contribution < -0.4 is 5.32 Å². The number of aromatic nitrogens is 1. The van der Waals surface area contributed by atoms with Crippen molar-refractivity contribution in [3.63, 3.8) is 0 Å².